The van der Waals surface area contributed by atoms with Crippen LogP contribution in [0.1, 0.15) is 19.8 Å². The van der Waals surface area contributed by atoms with Crippen molar-refractivity contribution in [2.24, 2.45) is 0 Å². The van der Waals surface area contributed by atoms with E-state index in [2.05, 4.69) is 6.58 Å². The quantitative estimate of drug-likeness (QED) is 0.471. The molecule has 0 saturated carbocycles. The molecule has 0 radical (unpaired) electrons. The van der Waals surface area contributed by atoms with Gasteiger partial charge in [-0.1, -0.05) is 6.08 Å². The van der Waals surface area contributed by atoms with Crippen LogP contribution in [0.2, 0.25) is 0 Å². The number of ether oxygens (including phenoxy) is 1. The van der Waals surface area contributed by atoms with Gasteiger partial charge in [0.15, 0.2) is 0 Å². The lowest BCUT2D eigenvalue weighted by molar-refractivity contribution is 0.0461. The van der Waals surface area contributed by atoms with Crippen molar-refractivity contribution in [1.29, 1.82) is 0 Å². The highest BCUT2D eigenvalue weighted by atomic mass is 16.6. The molecule has 0 amide bonds. The van der Waals surface area contributed by atoms with Crippen molar-refractivity contribution < 1.29 is 9.84 Å². The molecule has 10 heavy (non-hydrogen) atoms. The van der Waals surface area contributed by atoms with E-state index in [1.807, 2.05) is 6.92 Å². The summed E-state index contributed by atoms with van der Waals surface area (Å²) in [6, 6.07) is 0. The maximum absolute atomic E-state index is 9.57. The fraction of sp³-hybridized carbons (Fsp3) is 0.750. The van der Waals surface area contributed by atoms with Crippen LogP contribution in [0.25, 0.3) is 0 Å². The second kappa shape index (κ2) is 2.72. The van der Waals surface area contributed by atoms with E-state index < -0.39 is 5.60 Å². The molecule has 1 aliphatic rings. The van der Waals surface area contributed by atoms with E-state index in [1.165, 1.54) is 0 Å². The Morgan fingerprint density at radius 3 is 2.90 bits per heavy atom. The summed E-state index contributed by atoms with van der Waals surface area (Å²) in [5, 5.41) is 9.57. The molecule has 1 saturated heterocycles. The Balaban J connectivity index is 2.25. The van der Waals surface area contributed by atoms with Gasteiger partial charge in [-0.25, -0.2) is 0 Å². The molecule has 0 aromatic rings. The average molecular weight is 142 g/mol. The minimum absolute atomic E-state index is 0.301. The zero-order valence-electron chi connectivity index (χ0n) is 6.34. The summed E-state index contributed by atoms with van der Waals surface area (Å²) in [6.45, 7) is 6.20. The van der Waals surface area contributed by atoms with Gasteiger partial charge in [0.05, 0.1) is 18.3 Å². The first-order valence-corrected chi connectivity index (χ1v) is 3.59. The highest BCUT2D eigenvalue weighted by Crippen LogP contribution is 2.24. The number of hydrogen-bond acceptors (Lipinski definition) is 2. The van der Waals surface area contributed by atoms with E-state index in [4.69, 9.17) is 4.74 Å². The minimum Gasteiger partial charge on any atom is -0.390 e. The lowest BCUT2D eigenvalue weighted by Crippen LogP contribution is -2.25. The van der Waals surface area contributed by atoms with Gasteiger partial charge in [0.2, 0.25) is 0 Å². The zero-order chi connectivity index (χ0) is 7.61. The van der Waals surface area contributed by atoms with Crippen molar-refractivity contribution in [2.75, 3.05) is 6.61 Å². The largest absolute Gasteiger partial charge is 0.390 e. The minimum atomic E-state index is -0.608. The Labute approximate surface area is 61.5 Å². The van der Waals surface area contributed by atoms with Crippen LogP contribution in [0.15, 0.2) is 12.7 Å². The van der Waals surface area contributed by atoms with Crippen LogP contribution in [0.4, 0.5) is 0 Å². The van der Waals surface area contributed by atoms with Gasteiger partial charge in [0.25, 0.3) is 0 Å². The summed E-state index contributed by atoms with van der Waals surface area (Å²) in [5.74, 6) is 0. The molecule has 2 nitrogen and oxygen atoms in total. The highest BCUT2D eigenvalue weighted by molar-refractivity contribution is 4.87. The fourth-order valence-corrected chi connectivity index (χ4v) is 1.07. The normalized spacial score (nSPS) is 29.2. The van der Waals surface area contributed by atoms with Gasteiger partial charge in [0.1, 0.15) is 0 Å². The van der Waals surface area contributed by atoms with Crippen LogP contribution < -0.4 is 0 Å². The van der Waals surface area contributed by atoms with Crippen LogP contribution in [0.5, 0.6) is 0 Å². The second-order valence-corrected chi connectivity index (χ2v) is 3.15. The van der Waals surface area contributed by atoms with E-state index in [0.29, 0.717) is 12.5 Å². The molecule has 2 atom stereocenters. The third-order valence-electron chi connectivity index (χ3n) is 1.65. The van der Waals surface area contributed by atoms with E-state index in [9.17, 15) is 5.11 Å². The lowest BCUT2D eigenvalue weighted by Gasteiger charge is -2.19. The Kier molecular flexibility index (Phi) is 2.11. The Morgan fingerprint density at radius 2 is 2.50 bits per heavy atom. The van der Waals surface area contributed by atoms with Gasteiger partial charge in [0, 0.05) is 6.42 Å². The summed E-state index contributed by atoms with van der Waals surface area (Å²) in [6.07, 6.45) is 3.42. The van der Waals surface area contributed by atoms with Crippen LogP contribution in [-0.4, -0.2) is 23.4 Å². The van der Waals surface area contributed by atoms with Crippen molar-refractivity contribution >= 4 is 0 Å². The SMILES string of the molecule is C=CCC(C)(O)CC1CO1. The van der Waals surface area contributed by atoms with Crippen LogP contribution in [-0.2, 0) is 4.74 Å². The smallest absolute Gasteiger partial charge is 0.0837 e. The molecule has 2 heteroatoms. The van der Waals surface area contributed by atoms with Crippen LogP contribution in [0, 0.1) is 0 Å². The topological polar surface area (TPSA) is 32.8 Å². The lowest BCUT2D eigenvalue weighted by atomic mass is 9.97. The van der Waals surface area contributed by atoms with E-state index >= 15 is 0 Å². The predicted octanol–water partition coefficient (Wildman–Crippen LogP) is 1.10. The average Bonchev–Trinajstić information content (AvgIpc) is 2.48. The summed E-state index contributed by atoms with van der Waals surface area (Å²) in [7, 11) is 0. The number of epoxide rings is 1. The van der Waals surface area contributed by atoms with Gasteiger partial charge in [-0.3, -0.25) is 0 Å². The van der Waals surface area contributed by atoms with Crippen molar-refractivity contribution in [1.82, 2.24) is 0 Å². The van der Waals surface area contributed by atoms with E-state index in [-0.39, 0.29) is 0 Å². The molecule has 58 valence electrons. The van der Waals surface area contributed by atoms with Crippen LogP contribution in [0.3, 0.4) is 0 Å². The molecule has 0 aliphatic carbocycles. The summed E-state index contributed by atoms with van der Waals surface area (Å²) < 4.78 is 5.00. The van der Waals surface area contributed by atoms with Crippen molar-refractivity contribution in [2.45, 2.75) is 31.5 Å². The first kappa shape index (κ1) is 7.76. The molecule has 0 aromatic carbocycles. The monoisotopic (exact) mass is 142 g/mol. The van der Waals surface area contributed by atoms with Crippen molar-refractivity contribution in [3.8, 4) is 0 Å². The third kappa shape index (κ3) is 2.50. The van der Waals surface area contributed by atoms with Gasteiger partial charge in [-0.15, -0.1) is 6.58 Å². The molecule has 1 heterocycles. The van der Waals surface area contributed by atoms with Gasteiger partial charge in [-0.2, -0.15) is 0 Å². The Bertz CT molecular complexity index is 125. The summed E-state index contributed by atoms with van der Waals surface area (Å²) in [4.78, 5) is 0. The van der Waals surface area contributed by atoms with Gasteiger partial charge < -0.3 is 9.84 Å². The van der Waals surface area contributed by atoms with Crippen molar-refractivity contribution in [3.63, 3.8) is 0 Å². The Hall–Kier alpha value is -0.340. The molecule has 0 aromatic heterocycles. The number of aliphatic hydroxyl groups is 1. The fourth-order valence-electron chi connectivity index (χ4n) is 1.07. The Morgan fingerprint density at radius 1 is 1.90 bits per heavy atom. The molecule has 1 fully saturated rings. The summed E-state index contributed by atoms with van der Waals surface area (Å²) in [5.41, 5.74) is -0.608. The van der Waals surface area contributed by atoms with Gasteiger partial charge in [-0.05, 0) is 13.3 Å². The maximum Gasteiger partial charge on any atom is 0.0837 e. The predicted molar refractivity (Wildman–Crippen MR) is 39.8 cm³/mol. The molecule has 0 bridgehead atoms. The molecular formula is C8H14O2. The standard InChI is InChI=1S/C8H14O2/c1-3-4-8(2,9)5-7-6-10-7/h3,7,9H,1,4-6H2,2H3. The molecule has 2 unspecified atom stereocenters. The summed E-state index contributed by atoms with van der Waals surface area (Å²) >= 11 is 0. The molecule has 0 spiro atoms. The third-order valence-corrected chi connectivity index (χ3v) is 1.65. The molecule has 1 aliphatic heterocycles. The van der Waals surface area contributed by atoms with Gasteiger partial charge >= 0.3 is 0 Å². The van der Waals surface area contributed by atoms with Crippen molar-refractivity contribution in [3.05, 3.63) is 12.7 Å². The molecule has 1 N–H and O–H groups in total. The zero-order valence-corrected chi connectivity index (χ0v) is 6.34. The van der Waals surface area contributed by atoms with Crippen LogP contribution >= 0.6 is 0 Å². The highest BCUT2D eigenvalue weighted by Gasteiger charge is 2.31. The van der Waals surface area contributed by atoms with E-state index in [0.717, 1.165) is 13.0 Å². The first-order chi connectivity index (χ1) is 4.64. The first-order valence-electron chi connectivity index (χ1n) is 3.59. The maximum atomic E-state index is 9.57. The van der Waals surface area contributed by atoms with E-state index in [1.54, 1.807) is 6.08 Å². The molecular weight excluding hydrogens is 128 g/mol. The molecule has 1 rings (SSSR count). The second-order valence-electron chi connectivity index (χ2n) is 3.15. The number of rotatable bonds is 4. The number of hydrogen-bond donors (Lipinski definition) is 1.